The Labute approximate surface area is 105 Å². The molecule has 4 heteroatoms. The van der Waals surface area contributed by atoms with Crippen molar-refractivity contribution in [3.05, 3.63) is 54.4 Å². The minimum atomic E-state index is -0.574. The number of rotatable bonds is 4. The van der Waals surface area contributed by atoms with Crippen molar-refractivity contribution < 1.29 is 8.78 Å². The van der Waals surface area contributed by atoms with Crippen LogP contribution in [0.4, 0.5) is 20.2 Å². The van der Waals surface area contributed by atoms with Crippen molar-refractivity contribution in [1.29, 1.82) is 0 Å². The van der Waals surface area contributed by atoms with E-state index in [4.69, 9.17) is 0 Å². The molecule has 0 unspecified atom stereocenters. The molecule has 0 aliphatic rings. The summed E-state index contributed by atoms with van der Waals surface area (Å²) in [6.07, 6.45) is 4.21. The van der Waals surface area contributed by atoms with Gasteiger partial charge in [0.15, 0.2) is 0 Å². The van der Waals surface area contributed by atoms with Gasteiger partial charge in [0.05, 0.1) is 11.9 Å². The summed E-state index contributed by atoms with van der Waals surface area (Å²) in [6.45, 7) is 2.69. The highest BCUT2D eigenvalue weighted by Gasteiger charge is 2.10. The van der Waals surface area contributed by atoms with Crippen molar-refractivity contribution in [3.63, 3.8) is 0 Å². The molecule has 0 N–H and O–H groups in total. The van der Waals surface area contributed by atoms with Gasteiger partial charge in [-0.15, -0.1) is 0 Å². The second kappa shape index (κ2) is 5.58. The van der Waals surface area contributed by atoms with Crippen LogP contribution in [0.5, 0.6) is 0 Å². The van der Waals surface area contributed by atoms with Gasteiger partial charge in [0, 0.05) is 24.5 Å². The molecule has 0 saturated heterocycles. The fourth-order valence-electron chi connectivity index (χ4n) is 1.84. The van der Waals surface area contributed by atoms with Crippen LogP contribution in [-0.2, 0) is 0 Å². The van der Waals surface area contributed by atoms with Crippen LogP contribution >= 0.6 is 0 Å². The smallest absolute Gasteiger partial charge is 0.128 e. The number of hydrogen-bond donors (Lipinski definition) is 0. The summed E-state index contributed by atoms with van der Waals surface area (Å²) >= 11 is 0. The fraction of sp³-hybridized carbons (Fsp3) is 0.214. The summed E-state index contributed by atoms with van der Waals surface area (Å²) in [5.41, 5.74) is 1.33. The van der Waals surface area contributed by atoms with Crippen LogP contribution in [0.25, 0.3) is 0 Å². The number of pyridine rings is 1. The number of halogens is 2. The largest absolute Gasteiger partial charge is 0.340 e. The Morgan fingerprint density at radius 2 is 1.83 bits per heavy atom. The van der Waals surface area contributed by atoms with Crippen molar-refractivity contribution in [2.24, 2.45) is 0 Å². The third-order valence-electron chi connectivity index (χ3n) is 2.56. The molecule has 1 heterocycles. The quantitative estimate of drug-likeness (QED) is 0.815. The molecule has 0 fully saturated rings. The molecule has 1 aromatic carbocycles. The zero-order valence-electron chi connectivity index (χ0n) is 10.1. The summed E-state index contributed by atoms with van der Waals surface area (Å²) in [6, 6.07) is 7.19. The van der Waals surface area contributed by atoms with Crippen molar-refractivity contribution in [2.45, 2.75) is 13.3 Å². The maximum atomic E-state index is 13.3. The monoisotopic (exact) mass is 248 g/mol. The zero-order chi connectivity index (χ0) is 13.0. The second-order valence-corrected chi connectivity index (χ2v) is 3.99. The predicted molar refractivity (Wildman–Crippen MR) is 67.9 cm³/mol. The second-order valence-electron chi connectivity index (χ2n) is 3.99. The molecular weight excluding hydrogens is 234 g/mol. The average Bonchev–Trinajstić information content (AvgIpc) is 2.36. The van der Waals surface area contributed by atoms with Crippen LogP contribution in [0.15, 0.2) is 42.7 Å². The van der Waals surface area contributed by atoms with E-state index in [1.54, 1.807) is 18.5 Å². The maximum Gasteiger partial charge on any atom is 0.128 e. The van der Waals surface area contributed by atoms with Crippen molar-refractivity contribution in [1.82, 2.24) is 4.98 Å². The van der Waals surface area contributed by atoms with Crippen LogP contribution in [0.1, 0.15) is 13.3 Å². The minimum Gasteiger partial charge on any atom is -0.340 e. The van der Waals surface area contributed by atoms with Crippen LogP contribution in [0.2, 0.25) is 0 Å². The topological polar surface area (TPSA) is 16.1 Å². The number of benzene rings is 1. The fourth-order valence-corrected chi connectivity index (χ4v) is 1.84. The normalized spacial score (nSPS) is 10.4. The Balaban J connectivity index is 2.41. The van der Waals surface area contributed by atoms with Crippen molar-refractivity contribution in [3.8, 4) is 0 Å². The van der Waals surface area contributed by atoms with E-state index in [-0.39, 0.29) is 0 Å². The number of anilines is 2. The van der Waals surface area contributed by atoms with Crippen molar-refractivity contribution >= 4 is 11.4 Å². The Hall–Kier alpha value is -1.97. The summed E-state index contributed by atoms with van der Waals surface area (Å²) in [5, 5.41) is 0. The van der Waals surface area contributed by atoms with Gasteiger partial charge >= 0.3 is 0 Å². The molecular formula is C14H14F2N2. The lowest BCUT2D eigenvalue weighted by Gasteiger charge is -2.24. The van der Waals surface area contributed by atoms with E-state index in [1.165, 1.54) is 12.1 Å². The maximum absolute atomic E-state index is 13.3. The summed E-state index contributed by atoms with van der Waals surface area (Å²) in [7, 11) is 0. The van der Waals surface area contributed by atoms with E-state index in [1.807, 2.05) is 17.9 Å². The van der Waals surface area contributed by atoms with E-state index in [2.05, 4.69) is 4.98 Å². The van der Waals surface area contributed by atoms with Gasteiger partial charge in [-0.2, -0.15) is 0 Å². The van der Waals surface area contributed by atoms with Gasteiger partial charge in [-0.1, -0.05) is 6.92 Å². The van der Waals surface area contributed by atoms with Crippen LogP contribution < -0.4 is 4.90 Å². The van der Waals surface area contributed by atoms with Gasteiger partial charge in [-0.3, -0.25) is 4.98 Å². The lowest BCUT2D eigenvalue weighted by Crippen LogP contribution is -2.18. The zero-order valence-corrected chi connectivity index (χ0v) is 10.1. The first-order valence-electron chi connectivity index (χ1n) is 5.84. The molecule has 0 radical (unpaired) electrons. The third-order valence-corrected chi connectivity index (χ3v) is 2.56. The average molecular weight is 248 g/mol. The van der Waals surface area contributed by atoms with Gasteiger partial charge in [0.2, 0.25) is 0 Å². The molecule has 2 nitrogen and oxygen atoms in total. The van der Waals surface area contributed by atoms with Crippen LogP contribution in [0.3, 0.4) is 0 Å². The molecule has 94 valence electrons. The molecule has 0 atom stereocenters. The Morgan fingerprint density at radius 1 is 1.11 bits per heavy atom. The minimum absolute atomic E-state index is 0.502. The van der Waals surface area contributed by atoms with E-state index in [9.17, 15) is 8.78 Å². The molecule has 0 bridgehead atoms. The van der Waals surface area contributed by atoms with Crippen molar-refractivity contribution in [2.75, 3.05) is 11.4 Å². The van der Waals surface area contributed by atoms with E-state index < -0.39 is 11.6 Å². The Morgan fingerprint density at radius 3 is 2.39 bits per heavy atom. The first-order valence-corrected chi connectivity index (χ1v) is 5.84. The van der Waals surface area contributed by atoms with E-state index in [0.29, 0.717) is 12.2 Å². The van der Waals surface area contributed by atoms with Gasteiger partial charge in [0.1, 0.15) is 11.6 Å². The number of hydrogen-bond acceptors (Lipinski definition) is 2. The van der Waals surface area contributed by atoms with E-state index in [0.717, 1.165) is 18.2 Å². The molecule has 0 aliphatic heterocycles. The number of aromatic nitrogens is 1. The molecule has 18 heavy (non-hydrogen) atoms. The molecule has 1 aromatic heterocycles. The molecule has 0 aliphatic carbocycles. The van der Waals surface area contributed by atoms with Gasteiger partial charge in [-0.05, 0) is 30.7 Å². The third kappa shape index (κ3) is 2.83. The molecule has 2 rings (SSSR count). The Bertz CT molecular complexity index is 494. The lowest BCUT2D eigenvalue weighted by atomic mass is 10.2. The first-order chi connectivity index (χ1) is 8.70. The van der Waals surface area contributed by atoms with Crippen LogP contribution in [0, 0.1) is 11.6 Å². The highest BCUT2D eigenvalue weighted by atomic mass is 19.1. The standard InChI is InChI=1S/C14H14F2N2/c1-2-6-18(13-4-3-5-17-10-13)14-8-11(15)7-12(16)9-14/h3-5,7-10H,2,6H2,1H3. The van der Waals surface area contributed by atoms with Gasteiger partial charge < -0.3 is 4.90 Å². The highest BCUT2D eigenvalue weighted by Crippen LogP contribution is 2.26. The highest BCUT2D eigenvalue weighted by molar-refractivity contribution is 5.62. The lowest BCUT2D eigenvalue weighted by molar-refractivity contribution is 0.583. The summed E-state index contributed by atoms with van der Waals surface area (Å²) in [5.74, 6) is -1.15. The SMILES string of the molecule is CCCN(c1cccnc1)c1cc(F)cc(F)c1. The summed E-state index contributed by atoms with van der Waals surface area (Å²) < 4.78 is 26.5. The van der Waals surface area contributed by atoms with Crippen LogP contribution in [-0.4, -0.2) is 11.5 Å². The molecule has 0 amide bonds. The van der Waals surface area contributed by atoms with Gasteiger partial charge in [-0.25, -0.2) is 8.78 Å². The predicted octanol–water partition coefficient (Wildman–Crippen LogP) is 3.91. The first kappa shape index (κ1) is 12.5. The Kier molecular flexibility index (Phi) is 3.87. The number of nitrogens with zero attached hydrogens (tertiary/aromatic N) is 2. The van der Waals surface area contributed by atoms with E-state index >= 15 is 0 Å². The molecule has 0 spiro atoms. The summed E-state index contributed by atoms with van der Waals surface area (Å²) in [4.78, 5) is 5.88. The van der Waals surface area contributed by atoms with Gasteiger partial charge in [0.25, 0.3) is 0 Å². The molecule has 2 aromatic rings. The molecule has 0 saturated carbocycles.